The molecule has 0 amide bonds. The smallest absolute Gasteiger partial charge is 0.337 e. The van der Waals surface area contributed by atoms with E-state index in [1.165, 1.54) is 14.2 Å². The topological polar surface area (TPSA) is 52.6 Å². The maximum absolute atomic E-state index is 11.7. The third-order valence-corrected chi connectivity index (χ3v) is 4.21. The van der Waals surface area contributed by atoms with E-state index >= 15 is 0 Å². The van der Waals surface area contributed by atoms with E-state index in [0.29, 0.717) is 16.5 Å². The SMILES string of the molecule is COC(=O)c1ccc(-c2ccc(C(=O)OC)cc2CBr)c(C)c1. The number of ether oxygens (including phenoxy) is 2. The normalized spacial score (nSPS) is 10.3. The van der Waals surface area contributed by atoms with Gasteiger partial charge in [0.05, 0.1) is 25.3 Å². The Balaban J connectivity index is 2.49. The molecule has 0 atom stereocenters. The van der Waals surface area contributed by atoms with Gasteiger partial charge in [0.1, 0.15) is 0 Å². The first kappa shape index (κ1) is 17.2. The maximum Gasteiger partial charge on any atom is 0.337 e. The largest absolute Gasteiger partial charge is 0.465 e. The van der Waals surface area contributed by atoms with Crippen molar-refractivity contribution in [2.45, 2.75) is 12.3 Å². The highest BCUT2D eigenvalue weighted by Crippen LogP contribution is 2.30. The van der Waals surface area contributed by atoms with E-state index < -0.39 is 0 Å². The molecule has 0 aromatic heterocycles. The number of carbonyl (C=O) groups is 2. The van der Waals surface area contributed by atoms with E-state index in [0.717, 1.165) is 22.3 Å². The lowest BCUT2D eigenvalue weighted by atomic mass is 9.94. The van der Waals surface area contributed by atoms with Crippen molar-refractivity contribution < 1.29 is 19.1 Å². The Kier molecular flexibility index (Phi) is 5.55. The first-order valence-corrected chi connectivity index (χ1v) is 8.10. The minimum atomic E-state index is -0.364. The van der Waals surface area contributed by atoms with Gasteiger partial charge < -0.3 is 9.47 Å². The Morgan fingerprint density at radius 2 is 1.43 bits per heavy atom. The van der Waals surface area contributed by atoms with Crippen LogP contribution in [-0.4, -0.2) is 26.2 Å². The van der Waals surface area contributed by atoms with Crippen LogP contribution in [0.5, 0.6) is 0 Å². The third kappa shape index (κ3) is 3.62. The van der Waals surface area contributed by atoms with Crippen LogP contribution in [0, 0.1) is 6.92 Å². The van der Waals surface area contributed by atoms with Crippen LogP contribution < -0.4 is 0 Å². The summed E-state index contributed by atoms with van der Waals surface area (Å²) in [6.07, 6.45) is 0. The number of methoxy groups -OCH3 is 2. The van der Waals surface area contributed by atoms with E-state index in [-0.39, 0.29) is 11.9 Å². The Bertz CT molecular complexity index is 753. The zero-order chi connectivity index (χ0) is 17.0. The first-order valence-electron chi connectivity index (χ1n) is 6.98. The van der Waals surface area contributed by atoms with Gasteiger partial charge in [-0.3, -0.25) is 0 Å². The van der Waals surface area contributed by atoms with Crippen LogP contribution in [0.25, 0.3) is 11.1 Å². The standard InChI is InChI=1S/C18H17BrO4/c1-11-8-12(17(20)22-2)4-6-15(11)16-7-5-13(18(21)23-3)9-14(16)10-19/h4-9H,10H2,1-3H3. The molecular formula is C18H17BrO4. The Labute approximate surface area is 143 Å². The highest BCUT2D eigenvalue weighted by atomic mass is 79.9. The van der Waals surface area contributed by atoms with Crippen LogP contribution in [0.1, 0.15) is 31.8 Å². The molecule has 23 heavy (non-hydrogen) atoms. The Morgan fingerprint density at radius 3 is 1.91 bits per heavy atom. The predicted octanol–water partition coefficient (Wildman–Crippen LogP) is 4.13. The third-order valence-electron chi connectivity index (χ3n) is 3.61. The number of hydrogen-bond donors (Lipinski definition) is 0. The van der Waals surface area contributed by atoms with Crippen molar-refractivity contribution in [3.63, 3.8) is 0 Å². The molecule has 0 aliphatic rings. The van der Waals surface area contributed by atoms with Gasteiger partial charge >= 0.3 is 11.9 Å². The van der Waals surface area contributed by atoms with Crippen LogP contribution in [0.3, 0.4) is 0 Å². The maximum atomic E-state index is 11.7. The molecule has 0 fully saturated rings. The number of alkyl halides is 1. The number of rotatable bonds is 4. The highest BCUT2D eigenvalue weighted by Gasteiger charge is 2.14. The molecule has 0 bridgehead atoms. The number of aryl methyl sites for hydroxylation is 1. The average Bonchev–Trinajstić information content (AvgIpc) is 2.59. The molecule has 0 spiro atoms. The molecule has 4 nitrogen and oxygen atoms in total. The minimum absolute atomic E-state index is 0.360. The summed E-state index contributed by atoms with van der Waals surface area (Å²) in [5.41, 5.74) is 4.96. The van der Waals surface area contributed by atoms with Gasteiger partial charge in [0.15, 0.2) is 0 Å². The lowest BCUT2D eigenvalue weighted by Gasteiger charge is -2.13. The van der Waals surface area contributed by atoms with Crippen LogP contribution in [0.4, 0.5) is 0 Å². The van der Waals surface area contributed by atoms with Crippen molar-refractivity contribution in [2.24, 2.45) is 0 Å². The van der Waals surface area contributed by atoms with Crippen molar-refractivity contribution in [3.05, 3.63) is 58.7 Å². The minimum Gasteiger partial charge on any atom is -0.465 e. The summed E-state index contributed by atoms with van der Waals surface area (Å²) in [5, 5.41) is 0.603. The lowest BCUT2D eigenvalue weighted by molar-refractivity contribution is 0.0591. The van der Waals surface area contributed by atoms with Gasteiger partial charge in [0.2, 0.25) is 0 Å². The second-order valence-corrected chi connectivity index (χ2v) is 5.58. The van der Waals surface area contributed by atoms with E-state index in [4.69, 9.17) is 9.47 Å². The summed E-state index contributed by atoms with van der Waals surface area (Å²) in [5.74, 6) is -0.724. The molecule has 0 saturated heterocycles. The van der Waals surface area contributed by atoms with E-state index in [2.05, 4.69) is 15.9 Å². The quantitative estimate of drug-likeness (QED) is 0.594. The zero-order valence-electron chi connectivity index (χ0n) is 13.2. The molecule has 0 heterocycles. The fraction of sp³-hybridized carbons (Fsp3) is 0.222. The number of benzene rings is 2. The van der Waals surface area contributed by atoms with Gasteiger partial charge in [-0.25, -0.2) is 9.59 Å². The summed E-state index contributed by atoms with van der Waals surface area (Å²) in [7, 11) is 2.72. The van der Waals surface area contributed by atoms with Crippen molar-refractivity contribution >= 4 is 27.9 Å². The number of esters is 2. The summed E-state index contributed by atoms with van der Waals surface area (Å²) < 4.78 is 9.49. The highest BCUT2D eigenvalue weighted by molar-refractivity contribution is 9.08. The number of hydrogen-bond acceptors (Lipinski definition) is 4. The number of halogens is 1. The fourth-order valence-electron chi connectivity index (χ4n) is 2.42. The summed E-state index contributed by atoms with van der Waals surface area (Å²) in [6.45, 7) is 1.94. The van der Waals surface area contributed by atoms with Crippen molar-refractivity contribution in [2.75, 3.05) is 14.2 Å². The number of carbonyl (C=O) groups excluding carboxylic acids is 2. The van der Waals surface area contributed by atoms with Gasteiger partial charge in [0.25, 0.3) is 0 Å². The van der Waals surface area contributed by atoms with Crippen LogP contribution in [-0.2, 0) is 14.8 Å². The monoisotopic (exact) mass is 376 g/mol. The van der Waals surface area contributed by atoms with Crippen LogP contribution in [0.2, 0.25) is 0 Å². The molecule has 0 radical (unpaired) electrons. The second-order valence-electron chi connectivity index (χ2n) is 5.02. The van der Waals surface area contributed by atoms with Crippen LogP contribution >= 0.6 is 15.9 Å². The summed E-state index contributed by atoms with van der Waals surface area (Å²) in [6, 6.07) is 10.9. The molecule has 2 aromatic rings. The van der Waals surface area contributed by atoms with Gasteiger partial charge in [0, 0.05) is 5.33 Å². The molecule has 2 aromatic carbocycles. The molecule has 0 aliphatic heterocycles. The molecule has 120 valence electrons. The van der Waals surface area contributed by atoms with Crippen molar-refractivity contribution in [1.29, 1.82) is 0 Å². The molecule has 0 unspecified atom stereocenters. The van der Waals surface area contributed by atoms with Crippen molar-refractivity contribution in [3.8, 4) is 11.1 Å². The molecule has 2 rings (SSSR count). The lowest BCUT2D eigenvalue weighted by Crippen LogP contribution is -2.03. The van der Waals surface area contributed by atoms with Gasteiger partial charge in [-0.1, -0.05) is 28.1 Å². The predicted molar refractivity (Wildman–Crippen MR) is 91.9 cm³/mol. The van der Waals surface area contributed by atoms with E-state index in [9.17, 15) is 9.59 Å². The van der Waals surface area contributed by atoms with E-state index in [1.54, 1.807) is 18.2 Å². The molecular weight excluding hydrogens is 360 g/mol. The van der Waals surface area contributed by atoms with Crippen molar-refractivity contribution in [1.82, 2.24) is 0 Å². The molecule has 0 saturated carbocycles. The molecule has 0 aliphatic carbocycles. The summed E-state index contributed by atoms with van der Waals surface area (Å²) >= 11 is 3.46. The average molecular weight is 377 g/mol. The Hall–Kier alpha value is -2.14. The van der Waals surface area contributed by atoms with Gasteiger partial charge in [-0.15, -0.1) is 0 Å². The fourth-order valence-corrected chi connectivity index (χ4v) is 2.89. The summed E-state index contributed by atoms with van der Waals surface area (Å²) in [4.78, 5) is 23.3. The first-order chi connectivity index (χ1) is 11.0. The second kappa shape index (κ2) is 7.42. The molecule has 5 heteroatoms. The molecule has 0 N–H and O–H groups in total. The Morgan fingerprint density at radius 1 is 0.913 bits per heavy atom. The van der Waals surface area contributed by atoms with Crippen LogP contribution in [0.15, 0.2) is 36.4 Å². The van der Waals surface area contributed by atoms with Gasteiger partial charge in [-0.05, 0) is 53.4 Å². The van der Waals surface area contributed by atoms with E-state index in [1.807, 2.05) is 25.1 Å². The zero-order valence-corrected chi connectivity index (χ0v) is 14.8. The van der Waals surface area contributed by atoms with Gasteiger partial charge in [-0.2, -0.15) is 0 Å².